The number of aliphatic imine (C=N–C) groups is 2. The van der Waals surface area contributed by atoms with Crippen molar-refractivity contribution in [3.05, 3.63) is 60.0 Å². The van der Waals surface area contributed by atoms with Gasteiger partial charge in [0, 0.05) is 18.5 Å². The highest BCUT2D eigenvalue weighted by atomic mass is 14.8. The predicted molar refractivity (Wildman–Crippen MR) is 67.6 cm³/mol. The highest BCUT2D eigenvalue weighted by Crippen LogP contribution is 2.38. The van der Waals surface area contributed by atoms with Crippen LogP contribution in [-0.2, 0) is 0 Å². The lowest BCUT2D eigenvalue weighted by atomic mass is 9.76. The average molecular weight is 219 g/mol. The van der Waals surface area contributed by atoms with Crippen molar-refractivity contribution in [2.45, 2.75) is 0 Å². The maximum atomic E-state index is 8.71. The number of hydrogen-bond donors (Lipinski definition) is 0. The van der Waals surface area contributed by atoms with Crippen molar-refractivity contribution in [3.63, 3.8) is 0 Å². The standard InChI is InChI=1S/C14H9N3/c15-8-6-12-5-4-11-9-16-10-14(11)7-2-1-3-13(14)17-12/h1-7,9-10H. The van der Waals surface area contributed by atoms with Crippen molar-refractivity contribution in [1.29, 1.82) is 5.26 Å². The fraction of sp³-hybridized carbons (Fsp3) is 0.0714. The van der Waals surface area contributed by atoms with E-state index in [4.69, 9.17) is 5.26 Å². The molecule has 3 aliphatic rings. The van der Waals surface area contributed by atoms with Crippen LogP contribution in [0.3, 0.4) is 0 Å². The third kappa shape index (κ3) is 1.35. The SMILES string of the molecule is N#CC=C1C=CC2=CN=CC23C=CC=CC3=N1. The van der Waals surface area contributed by atoms with Crippen LogP contribution in [0, 0.1) is 16.7 Å². The molecule has 0 aromatic heterocycles. The van der Waals surface area contributed by atoms with Gasteiger partial charge in [-0.05, 0) is 17.7 Å². The molecule has 80 valence electrons. The van der Waals surface area contributed by atoms with E-state index in [1.165, 1.54) is 6.08 Å². The van der Waals surface area contributed by atoms with Crippen LogP contribution in [0.4, 0.5) is 0 Å². The summed E-state index contributed by atoms with van der Waals surface area (Å²) in [6, 6.07) is 2.01. The van der Waals surface area contributed by atoms with Gasteiger partial charge in [0.1, 0.15) is 0 Å². The Hall–Kier alpha value is -2.47. The first kappa shape index (κ1) is 9.73. The van der Waals surface area contributed by atoms with E-state index in [-0.39, 0.29) is 5.41 Å². The van der Waals surface area contributed by atoms with Crippen LogP contribution >= 0.6 is 0 Å². The Bertz CT molecular complexity index is 618. The van der Waals surface area contributed by atoms with Gasteiger partial charge in [0.25, 0.3) is 0 Å². The van der Waals surface area contributed by atoms with Gasteiger partial charge < -0.3 is 0 Å². The number of allylic oxidation sites excluding steroid dienone is 8. The molecule has 2 heterocycles. The summed E-state index contributed by atoms with van der Waals surface area (Å²) in [4.78, 5) is 8.75. The van der Waals surface area contributed by atoms with Crippen molar-refractivity contribution in [2.75, 3.05) is 0 Å². The second-order valence-corrected chi connectivity index (χ2v) is 3.98. The topological polar surface area (TPSA) is 48.5 Å². The van der Waals surface area contributed by atoms with Crippen molar-refractivity contribution in [1.82, 2.24) is 0 Å². The molecule has 17 heavy (non-hydrogen) atoms. The number of nitrogens with zero attached hydrogens (tertiary/aromatic N) is 3. The van der Waals surface area contributed by atoms with Crippen LogP contribution in [0.15, 0.2) is 70.0 Å². The lowest BCUT2D eigenvalue weighted by Crippen LogP contribution is -2.30. The monoisotopic (exact) mass is 219 g/mol. The lowest BCUT2D eigenvalue weighted by Gasteiger charge is -2.25. The summed E-state index contributed by atoms with van der Waals surface area (Å²) in [6.45, 7) is 0. The summed E-state index contributed by atoms with van der Waals surface area (Å²) in [6.07, 6.45) is 17.0. The zero-order valence-corrected chi connectivity index (χ0v) is 9.04. The normalized spacial score (nSPS) is 30.4. The third-order valence-corrected chi connectivity index (χ3v) is 3.01. The first-order valence-electron chi connectivity index (χ1n) is 5.33. The third-order valence-electron chi connectivity index (χ3n) is 3.01. The van der Waals surface area contributed by atoms with Gasteiger partial charge in [-0.3, -0.25) is 9.98 Å². The Morgan fingerprint density at radius 3 is 3.06 bits per heavy atom. The minimum absolute atomic E-state index is 0.337. The maximum absolute atomic E-state index is 8.71. The summed E-state index contributed by atoms with van der Waals surface area (Å²) in [5.41, 5.74) is 2.32. The van der Waals surface area contributed by atoms with Crippen molar-refractivity contribution >= 4 is 11.9 Å². The fourth-order valence-electron chi connectivity index (χ4n) is 2.16. The van der Waals surface area contributed by atoms with Gasteiger partial charge in [0.05, 0.1) is 22.9 Å². The smallest absolute Gasteiger partial charge is 0.0934 e. The molecule has 1 atom stereocenters. The fourth-order valence-corrected chi connectivity index (χ4v) is 2.16. The number of hydrogen-bond acceptors (Lipinski definition) is 3. The minimum Gasteiger partial charge on any atom is -0.267 e. The van der Waals surface area contributed by atoms with E-state index >= 15 is 0 Å². The van der Waals surface area contributed by atoms with Crippen molar-refractivity contribution in [3.8, 4) is 6.07 Å². The molecule has 1 aliphatic carbocycles. The Morgan fingerprint density at radius 1 is 1.24 bits per heavy atom. The van der Waals surface area contributed by atoms with Crippen LogP contribution in [0.5, 0.6) is 0 Å². The van der Waals surface area contributed by atoms with Crippen LogP contribution in [0.2, 0.25) is 0 Å². The molecule has 0 saturated carbocycles. The molecule has 1 spiro atoms. The van der Waals surface area contributed by atoms with Gasteiger partial charge in [-0.15, -0.1) is 0 Å². The van der Waals surface area contributed by atoms with E-state index in [0.29, 0.717) is 5.70 Å². The second kappa shape index (κ2) is 3.53. The molecule has 0 aromatic rings. The summed E-state index contributed by atoms with van der Waals surface area (Å²) >= 11 is 0. The molecule has 0 bridgehead atoms. The number of rotatable bonds is 0. The Kier molecular flexibility index (Phi) is 2.02. The molecular formula is C14H9N3. The zero-order chi connectivity index (χ0) is 11.7. The second-order valence-electron chi connectivity index (χ2n) is 3.98. The van der Waals surface area contributed by atoms with Gasteiger partial charge in [-0.1, -0.05) is 24.3 Å². The van der Waals surface area contributed by atoms with E-state index < -0.39 is 0 Å². The molecule has 0 N–H and O–H groups in total. The average Bonchev–Trinajstić information content (AvgIpc) is 2.67. The molecule has 0 fully saturated rings. The molecule has 3 rings (SSSR count). The Balaban J connectivity index is 2.23. The first-order valence-corrected chi connectivity index (χ1v) is 5.33. The molecule has 1 unspecified atom stereocenters. The van der Waals surface area contributed by atoms with E-state index in [9.17, 15) is 0 Å². The summed E-state index contributed by atoms with van der Waals surface area (Å²) in [5.74, 6) is 0. The van der Waals surface area contributed by atoms with E-state index in [2.05, 4.69) is 16.1 Å². The summed E-state index contributed by atoms with van der Waals surface area (Å²) in [5, 5.41) is 8.71. The zero-order valence-electron chi connectivity index (χ0n) is 9.04. The van der Waals surface area contributed by atoms with Crippen molar-refractivity contribution < 1.29 is 0 Å². The molecule has 0 amide bonds. The first-order chi connectivity index (χ1) is 8.35. The lowest BCUT2D eigenvalue weighted by molar-refractivity contribution is 0.935. The molecule has 0 aromatic carbocycles. The quantitative estimate of drug-likeness (QED) is 0.577. The summed E-state index contributed by atoms with van der Waals surface area (Å²) in [7, 11) is 0. The van der Waals surface area contributed by atoms with Gasteiger partial charge in [-0.25, -0.2) is 0 Å². The van der Waals surface area contributed by atoms with Gasteiger partial charge >= 0.3 is 0 Å². The number of nitriles is 1. The minimum atomic E-state index is -0.337. The molecule has 0 saturated heterocycles. The van der Waals surface area contributed by atoms with Crippen LogP contribution < -0.4 is 0 Å². The van der Waals surface area contributed by atoms with E-state index in [1.807, 2.05) is 48.9 Å². The molecule has 2 aliphatic heterocycles. The Morgan fingerprint density at radius 2 is 2.18 bits per heavy atom. The van der Waals surface area contributed by atoms with Gasteiger partial charge in [0.2, 0.25) is 0 Å². The van der Waals surface area contributed by atoms with Crippen molar-refractivity contribution in [2.24, 2.45) is 15.4 Å². The van der Waals surface area contributed by atoms with E-state index in [1.54, 1.807) is 0 Å². The van der Waals surface area contributed by atoms with Crippen LogP contribution in [0.1, 0.15) is 0 Å². The predicted octanol–water partition coefficient (Wildman–Crippen LogP) is 2.49. The molecule has 3 nitrogen and oxygen atoms in total. The van der Waals surface area contributed by atoms with Gasteiger partial charge in [-0.2, -0.15) is 5.26 Å². The molecule has 3 heteroatoms. The Labute approximate surface area is 99.2 Å². The van der Waals surface area contributed by atoms with Crippen LogP contribution in [0.25, 0.3) is 0 Å². The molecule has 0 radical (unpaired) electrons. The maximum Gasteiger partial charge on any atom is 0.0934 e. The van der Waals surface area contributed by atoms with Gasteiger partial charge in [0.15, 0.2) is 0 Å². The summed E-state index contributed by atoms with van der Waals surface area (Å²) < 4.78 is 0. The largest absolute Gasteiger partial charge is 0.267 e. The molecular weight excluding hydrogens is 210 g/mol. The van der Waals surface area contributed by atoms with Crippen LogP contribution in [-0.4, -0.2) is 11.9 Å². The van der Waals surface area contributed by atoms with E-state index in [0.717, 1.165) is 11.3 Å². The highest BCUT2D eigenvalue weighted by Gasteiger charge is 2.38. The highest BCUT2D eigenvalue weighted by molar-refractivity contribution is 6.17.